The van der Waals surface area contributed by atoms with Gasteiger partial charge in [-0.2, -0.15) is 13.2 Å². The fourth-order valence-electron chi connectivity index (χ4n) is 2.51. The SMILES string of the molecule is Cn1cc(CN2CCN(c3cc(C(F)(F)F)ncn3)CC2)nn1. The van der Waals surface area contributed by atoms with Crippen LogP contribution in [0.5, 0.6) is 0 Å². The van der Waals surface area contributed by atoms with Crippen LogP contribution in [0.2, 0.25) is 0 Å². The molecular formula is C13H16F3N7. The maximum atomic E-state index is 12.7. The highest BCUT2D eigenvalue weighted by Gasteiger charge is 2.33. The number of anilines is 1. The molecular weight excluding hydrogens is 311 g/mol. The summed E-state index contributed by atoms with van der Waals surface area (Å²) in [5.41, 5.74) is -0.0353. The third-order valence-electron chi connectivity index (χ3n) is 3.68. The minimum Gasteiger partial charge on any atom is -0.354 e. The van der Waals surface area contributed by atoms with Gasteiger partial charge in [0.1, 0.15) is 17.8 Å². The summed E-state index contributed by atoms with van der Waals surface area (Å²) in [5, 5.41) is 7.92. The standard InChI is InChI=1S/C13H16F3N7/c1-21-7-10(19-20-21)8-22-2-4-23(5-3-22)12-6-11(13(14,15)16)17-9-18-12/h6-7,9H,2-5,8H2,1H3. The summed E-state index contributed by atoms with van der Waals surface area (Å²) < 4.78 is 39.8. The van der Waals surface area contributed by atoms with Crippen LogP contribution in [-0.4, -0.2) is 56.0 Å². The molecule has 0 radical (unpaired) electrons. The predicted octanol–water partition coefficient (Wildman–Crippen LogP) is 0.946. The molecule has 2 aromatic heterocycles. The first-order chi connectivity index (χ1) is 10.9. The molecule has 0 unspecified atom stereocenters. The normalized spacial score (nSPS) is 16.8. The maximum Gasteiger partial charge on any atom is 0.433 e. The molecule has 23 heavy (non-hydrogen) atoms. The van der Waals surface area contributed by atoms with Crippen molar-refractivity contribution in [2.45, 2.75) is 12.7 Å². The Labute approximate surface area is 130 Å². The van der Waals surface area contributed by atoms with Gasteiger partial charge in [0.15, 0.2) is 0 Å². The fourth-order valence-corrected chi connectivity index (χ4v) is 2.51. The number of alkyl halides is 3. The van der Waals surface area contributed by atoms with Crippen LogP contribution in [0.3, 0.4) is 0 Å². The zero-order chi connectivity index (χ0) is 16.4. The van der Waals surface area contributed by atoms with E-state index in [1.807, 2.05) is 18.1 Å². The van der Waals surface area contributed by atoms with Crippen LogP contribution in [-0.2, 0) is 19.8 Å². The van der Waals surface area contributed by atoms with Gasteiger partial charge in [0.2, 0.25) is 0 Å². The Morgan fingerprint density at radius 2 is 1.87 bits per heavy atom. The molecule has 0 aromatic carbocycles. The van der Waals surface area contributed by atoms with Crippen LogP contribution < -0.4 is 4.90 Å². The van der Waals surface area contributed by atoms with Gasteiger partial charge in [-0.1, -0.05) is 5.21 Å². The van der Waals surface area contributed by atoms with Crippen LogP contribution in [0.1, 0.15) is 11.4 Å². The van der Waals surface area contributed by atoms with Gasteiger partial charge in [0.05, 0.1) is 5.69 Å². The largest absolute Gasteiger partial charge is 0.433 e. The second-order valence-electron chi connectivity index (χ2n) is 5.41. The third-order valence-corrected chi connectivity index (χ3v) is 3.68. The van der Waals surface area contributed by atoms with Crippen molar-refractivity contribution < 1.29 is 13.2 Å². The Hall–Kier alpha value is -2.23. The van der Waals surface area contributed by atoms with E-state index in [2.05, 4.69) is 25.2 Å². The molecule has 10 heteroatoms. The van der Waals surface area contributed by atoms with Crippen molar-refractivity contribution in [2.75, 3.05) is 31.1 Å². The van der Waals surface area contributed by atoms with E-state index in [9.17, 15) is 13.2 Å². The Kier molecular flexibility index (Phi) is 4.16. The average molecular weight is 327 g/mol. The van der Waals surface area contributed by atoms with Crippen LogP contribution in [0, 0.1) is 0 Å². The van der Waals surface area contributed by atoms with E-state index < -0.39 is 11.9 Å². The highest BCUT2D eigenvalue weighted by atomic mass is 19.4. The molecule has 3 heterocycles. The van der Waals surface area contributed by atoms with Gasteiger partial charge in [-0.3, -0.25) is 9.58 Å². The van der Waals surface area contributed by atoms with E-state index in [4.69, 9.17) is 0 Å². The second-order valence-corrected chi connectivity index (χ2v) is 5.41. The number of nitrogens with zero attached hydrogens (tertiary/aromatic N) is 7. The summed E-state index contributed by atoms with van der Waals surface area (Å²) in [7, 11) is 1.81. The van der Waals surface area contributed by atoms with Crippen molar-refractivity contribution in [3.63, 3.8) is 0 Å². The van der Waals surface area contributed by atoms with Gasteiger partial charge in [-0.05, 0) is 0 Å². The van der Waals surface area contributed by atoms with E-state index in [1.165, 1.54) is 0 Å². The van der Waals surface area contributed by atoms with Crippen molar-refractivity contribution >= 4 is 5.82 Å². The Morgan fingerprint density at radius 1 is 1.13 bits per heavy atom. The Morgan fingerprint density at radius 3 is 2.48 bits per heavy atom. The third kappa shape index (κ3) is 3.76. The number of hydrogen-bond donors (Lipinski definition) is 0. The first-order valence-electron chi connectivity index (χ1n) is 7.13. The number of piperazine rings is 1. The highest BCUT2D eigenvalue weighted by Crippen LogP contribution is 2.29. The zero-order valence-corrected chi connectivity index (χ0v) is 12.5. The summed E-state index contributed by atoms with van der Waals surface area (Å²) in [4.78, 5) is 11.3. The van der Waals surface area contributed by atoms with Gasteiger partial charge in [0, 0.05) is 52.0 Å². The minimum absolute atomic E-state index is 0.312. The molecule has 1 aliphatic heterocycles. The van der Waals surface area contributed by atoms with Crippen LogP contribution in [0.15, 0.2) is 18.6 Å². The van der Waals surface area contributed by atoms with E-state index >= 15 is 0 Å². The number of aryl methyl sites for hydroxylation is 1. The maximum absolute atomic E-state index is 12.7. The lowest BCUT2D eigenvalue weighted by Crippen LogP contribution is -2.46. The quantitative estimate of drug-likeness (QED) is 0.836. The van der Waals surface area contributed by atoms with Gasteiger partial charge in [-0.25, -0.2) is 9.97 Å². The smallest absolute Gasteiger partial charge is 0.354 e. The molecule has 0 bridgehead atoms. The van der Waals surface area contributed by atoms with Crippen molar-refractivity contribution in [1.29, 1.82) is 0 Å². The lowest BCUT2D eigenvalue weighted by atomic mass is 10.2. The highest BCUT2D eigenvalue weighted by molar-refractivity contribution is 5.40. The summed E-state index contributed by atoms with van der Waals surface area (Å²) in [5.74, 6) is 0.312. The molecule has 2 aromatic rings. The Balaban J connectivity index is 1.60. The molecule has 0 saturated carbocycles. The molecule has 1 saturated heterocycles. The fraction of sp³-hybridized carbons (Fsp3) is 0.538. The van der Waals surface area contributed by atoms with Gasteiger partial charge >= 0.3 is 6.18 Å². The molecule has 0 N–H and O–H groups in total. The van der Waals surface area contributed by atoms with E-state index in [0.29, 0.717) is 25.5 Å². The molecule has 1 fully saturated rings. The van der Waals surface area contributed by atoms with Gasteiger partial charge < -0.3 is 4.90 Å². The van der Waals surface area contributed by atoms with Crippen molar-refractivity contribution in [3.05, 3.63) is 30.0 Å². The lowest BCUT2D eigenvalue weighted by molar-refractivity contribution is -0.141. The summed E-state index contributed by atoms with van der Waals surface area (Å²) >= 11 is 0. The number of aromatic nitrogens is 5. The lowest BCUT2D eigenvalue weighted by Gasteiger charge is -2.35. The molecule has 124 valence electrons. The van der Waals surface area contributed by atoms with E-state index in [-0.39, 0.29) is 0 Å². The number of halogens is 3. The summed E-state index contributed by atoms with van der Waals surface area (Å²) in [6.45, 7) is 3.34. The second kappa shape index (κ2) is 6.11. The first-order valence-corrected chi connectivity index (χ1v) is 7.13. The average Bonchev–Trinajstić information content (AvgIpc) is 2.92. The number of hydrogen-bond acceptors (Lipinski definition) is 6. The molecule has 0 amide bonds. The van der Waals surface area contributed by atoms with Crippen LogP contribution in [0.25, 0.3) is 0 Å². The molecule has 7 nitrogen and oxygen atoms in total. The van der Waals surface area contributed by atoms with Crippen molar-refractivity contribution in [2.24, 2.45) is 7.05 Å². The molecule has 3 rings (SSSR count). The van der Waals surface area contributed by atoms with E-state index in [0.717, 1.165) is 31.2 Å². The summed E-state index contributed by atoms with van der Waals surface area (Å²) in [6, 6.07) is 0.998. The molecule has 0 aliphatic carbocycles. The molecule has 1 aliphatic rings. The van der Waals surface area contributed by atoms with Crippen LogP contribution in [0.4, 0.5) is 19.0 Å². The van der Waals surface area contributed by atoms with Crippen molar-refractivity contribution in [3.8, 4) is 0 Å². The van der Waals surface area contributed by atoms with Crippen molar-refractivity contribution in [1.82, 2.24) is 29.9 Å². The van der Waals surface area contributed by atoms with Gasteiger partial charge in [0.25, 0.3) is 0 Å². The topological polar surface area (TPSA) is 63.0 Å². The monoisotopic (exact) mass is 327 g/mol. The minimum atomic E-state index is -4.45. The molecule has 0 spiro atoms. The number of rotatable bonds is 3. The predicted molar refractivity (Wildman–Crippen MR) is 75.5 cm³/mol. The molecule has 0 atom stereocenters. The summed E-state index contributed by atoms with van der Waals surface area (Å²) in [6.07, 6.45) is -1.64. The zero-order valence-electron chi connectivity index (χ0n) is 12.5. The van der Waals surface area contributed by atoms with E-state index in [1.54, 1.807) is 4.68 Å². The Bertz CT molecular complexity index is 662. The first kappa shape index (κ1) is 15.7. The van der Waals surface area contributed by atoms with Crippen LogP contribution >= 0.6 is 0 Å². The van der Waals surface area contributed by atoms with Gasteiger partial charge in [-0.15, -0.1) is 5.10 Å².